The van der Waals surface area contributed by atoms with E-state index in [1.54, 1.807) is 0 Å². The van der Waals surface area contributed by atoms with Gasteiger partial charge < -0.3 is 4.98 Å². The van der Waals surface area contributed by atoms with Crippen LogP contribution in [0.5, 0.6) is 0 Å². The fourth-order valence-electron chi connectivity index (χ4n) is 0.901. The number of nitrogens with zero attached hydrogens (tertiary/aromatic N) is 1. The monoisotopic (exact) mass is 135 g/mol. The Morgan fingerprint density at radius 1 is 1.70 bits per heavy atom. The van der Waals surface area contributed by atoms with Crippen molar-refractivity contribution in [3.63, 3.8) is 0 Å². The Bertz CT molecular complexity index is 288. The molecule has 0 amide bonds. The first-order valence-electron chi connectivity index (χ1n) is 3.33. The third kappa shape index (κ3) is 0.943. The zero-order valence-electron chi connectivity index (χ0n) is 5.42. The lowest BCUT2D eigenvalue weighted by molar-refractivity contribution is 0.904. The molecule has 1 heterocycles. The first-order valence-corrected chi connectivity index (χ1v) is 3.33. The Kier molecular flexibility index (Phi) is 1.09. The summed E-state index contributed by atoms with van der Waals surface area (Å²) < 4.78 is 0. The molecule has 51 valence electrons. The van der Waals surface area contributed by atoms with E-state index >= 15 is 0 Å². The van der Waals surface area contributed by atoms with Gasteiger partial charge in [0, 0.05) is 12.0 Å². The first-order chi connectivity index (χ1) is 4.86. The van der Waals surface area contributed by atoms with Gasteiger partial charge in [0.1, 0.15) is 5.82 Å². The average molecular weight is 135 g/mol. The van der Waals surface area contributed by atoms with Crippen molar-refractivity contribution >= 4 is 0 Å². The van der Waals surface area contributed by atoms with Crippen LogP contribution in [0.1, 0.15) is 24.6 Å². The topological polar surface area (TPSA) is 45.8 Å². The van der Waals surface area contributed by atoms with Gasteiger partial charge in [0.05, 0.1) is 6.20 Å². The van der Waals surface area contributed by atoms with E-state index in [4.69, 9.17) is 0 Å². The summed E-state index contributed by atoms with van der Waals surface area (Å²) in [5, 5.41) is 0. The van der Waals surface area contributed by atoms with Crippen molar-refractivity contribution in [3.05, 3.63) is 28.4 Å². The summed E-state index contributed by atoms with van der Waals surface area (Å²) in [7, 11) is 0. The summed E-state index contributed by atoms with van der Waals surface area (Å²) in [6.07, 6.45) is 4.96. The van der Waals surface area contributed by atoms with Crippen molar-refractivity contribution in [2.75, 3.05) is 0 Å². The van der Waals surface area contributed by atoms with E-state index in [0.717, 1.165) is 18.7 Å². The molecule has 1 aliphatic rings. The quantitative estimate of drug-likeness (QED) is 0.607. The highest BCUT2D eigenvalue weighted by atomic mass is 16.1. The van der Waals surface area contributed by atoms with E-state index in [9.17, 15) is 4.79 Å². The average Bonchev–Trinajstić information content (AvgIpc) is 2.68. The molecule has 0 bridgehead atoms. The molecule has 0 aromatic carbocycles. The number of H-pyrrole nitrogens is 1. The van der Waals surface area contributed by atoms with Crippen LogP contribution in [0.3, 0.4) is 0 Å². The highest BCUT2D eigenvalue weighted by molar-refractivity contribution is 5.03. The number of aromatic amines is 1. The second-order valence-corrected chi connectivity index (χ2v) is 2.52. The smallest absolute Gasteiger partial charge is 0.273 e. The highest BCUT2D eigenvalue weighted by Crippen LogP contribution is 2.37. The van der Waals surface area contributed by atoms with Crippen molar-refractivity contribution in [2.24, 2.45) is 0 Å². The molecular weight excluding hydrogens is 128 g/mol. The molecule has 0 aliphatic heterocycles. The zero-order chi connectivity index (χ0) is 6.97. The van der Waals surface area contributed by atoms with Gasteiger partial charge in [-0.3, -0.25) is 4.79 Å². The van der Waals surface area contributed by atoms with Crippen LogP contribution in [-0.4, -0.2) is 9.97 Å². The van der Waals surface area contributed by atoms with Crippen LogP contribution < -0.4 is 5.56 Å². The maximum Gasteiger partial charge on any atom is 0.273 e. The Morgan fingerprint density at radius 3 is 3.10 bits per heavy atom. The summed E-state index contributed by atoms with van der Waals surface area (Å²) >= 11 is 0. The van der Waals surface area contributed by atoms with Gasteiger partial charge in [-0.25, -0.2) is 0 Å². The summed E-state index contributed by atoms with van der Waals surface area (Å²) in [5.41, 5.74) is -0.194. The lowest BCUT2D eigenvalue weighted by Crippen LogP contribution is -2.07. The van der Waals surface area contributed by atoms with E-state index in [-0.39, 0.29) is 5.56 Å². The van der Waals surface area contributed by atoms with E-state index in [2.05, 4.69) is 16.2 Å². The lowest BCUT2D eigenvalue weighted by Gasteiger charge is -1.91. The highest BCUT2D eigenvalue weighted by Gasteiger charge is 2.25. The second-order valence-electron chi connectivity index (χ2n) is 2.52. The molecule has 1 fully saturated rings. The van der Waals surface area contributed by atoms with Gasteiger partial charge in [0.2, 0.25) is 0 Å². The van der Waals surface area contributed by atoms with E-state index < -0.39 is 0 Å². The first kappa shape index (κ1) is 5.65. The van der Waals surface area contributed by atoms with Crippen LogP contribution in [0, 0.1) is 6.20 Å². The van der Waals surface area contributed by atoms with Gasteiger partial charge in [0.15, 0.2) is 0 Å². The maximum absolute atomic E-state index is 10.7. The van der Waals surface area contributed by atoms with Crippen molar-refractivity contribution < 1.29 is 0 Å². The second kappa shape index (κ2) is 1.94. The summed E-state index contributed by atoms with van der Waals surface area (Å²) in [4.78, 5) is 17.3. The maximum atomic E-state index is 10.7. The number of rotatable bonds is 1. The van der Waals surface area contributed by atoms with Crippen molar-refractivity contribution in [1.82, 2.24) is 9.97 Å². The lowest BCUT2D eigenvalue weighted by atomic mass is 10.4. The Morgan fingerprint density at radius 2 is 2.50 bits per heavy atom. The largest absolute Gasteiger partial charge is 0.342 e. The molecule has 1 aromatic heterocycles. The number of hydrogen-bond acceptors (Lipinski definition) is 2. The molecule has 2 rings (SSSR count). The third-order valence-electron chi connectivity index (χ3n) is 1.59. The van der Waals surface area contributed by atoms with E-state index in [1.807, 2.05) is 0 Å². The van der Waals surface area contributed by atoms with Gasteiger partial charge in [-0.1, -0.05) is 0 Å². The molecular formula is C7H7N2O. The van der Waals surface area contributed by atoms with E-state index in [0.29, 0.717) is 5.92 Å². The van der Waals surface area contributed by atoms with E-state index in [1.165, 1.54) is 6.07 Å². The standard InChI is InChI=1S/C7H7N2O/c10-6-3-4-8-7(9-6)5-1-2-5/h3,5H,1-2H2,(H,8,9,10). The normalized spacial score (nSPS) is 17.2. The SMILES string of the molecule is O=c1c[c][nH]c(C2CC2)n1. The molecule has 0 unspecified atom stereocenters. The summed E-state index contributed by atoms with van der Waals surface area (Å²) in [6.45, 7) is 0. The minimum atomic E-state index is -0.194. The molecule has 0 spiro atoms. The van der Waals surface area contributed by atoms with Crippen LogP contribution in [0.4, 0.5) is 0 Å². The predicted molar refractivity (Wildman–Crippen MR) is 35.7 cm³/mol. The number of hydrogen-bond donors (Lipinski definition) is 1. The predicted octanol–water partition coefficient (Wildman–Crippen LogP) is 0.447. The molecule has 1 aromatic rings. The summed E-state index contributed by atoms with van der Waals surface area (Å²) in [6, 6.07) is 1.31. The number of aromatic nitrogens is 2. The van der Waals surface area contributed by atoms with Crippen LogP contribution >= 0.6 is 0 Å². The molecule has 0 atom stereocenters. The molecule has 1 radical (unpaired) electrons. The van der Waals surface area contributed by atoms with Crippen molar-refractivity contribution in [1.29, 1.82) is 0 Å². The molecule has 0 saturated heterocycles. The van der Waals surface area contributed by atoms with Gasteiger partial charge in [0.25, 0.3) is 5.56 Å². The van der Waals surface area contributed by atoms with Crippen LogP contribution in [0.2, 0.25) is 0 Å². The number of nitrogens with one attached hydrogen (secondary N) is 1. The van der Waals surface area contributed by atoms with Crippen molar-refractivity contribution in [3.8, 4) is 0 Å². The van der Waals surface area contributed by atoms with Gasteiger partial charge >= 0.3 is 0 Å². The van der Waals surface area contributed by atoms with Gasteiger partial charge in [-0.15, -0.1) is 0 Å². The Balaban J connectivity index is 2.41. The molecule has 3 heteroatoms. The van der Waals surface area contributed by atoms with Crippen LogP contribution in [-0.2, 0) is 0 Å². The minimum absolute atomic E-state index is 0.194. The van der Waals surface area contributed by atoms with Crippen LogP contribution in [0.25, 0.3) is 0 Å². The fourth-order valence-corrected chi connectivity index (χ4v) is 0.901. The molecule has 1 saturated carbocycles. The molecule has 1 N–H and O–H groups in total. The summed E-state index contributed by atoms with van der Waals surface area (Å²) in [5.74, 6) is 1.30. The Labute approximate surface area is 58.1 Å². The third-order valence-corrected chi connectivity index (χ3v) is 1.59. The van der Waals surface area contributed by atoms with Crippen LogP contribution in [0.15, 0.2) is 10.9 Å². The zero-order valence-corrected chi connectivity index (χ0v) is 5.42. The fraction of sp³-hybridized carbons (Fsp3) is 0.429. The van der Waals surface area contributed by atoms with Gasteiger partial charge in [-0.2, -0.15) is 4.98 Å². The Hall–Kier alpha value is -1.12. The minimum Gasteiger partial charge on any atom is -0.342 e. The molecule has 3 nitrogen and oxygen atoms in total. The van der Waals surface area contributed by atoms with Crippen molar-refractivity contribution in [2.45, 2.75) is 18.8 Å². The molecule has 1 aliphatic carbocycles. The molecule has 10 heavy (non-hydrogen) atoms. The van der Waals surface area contributed by atoms with Gasteiger partial charge in [-0.05, 0) is 12.8 Å².